The molecule has 116 valence electrons. The van der Waals surface area contributed by atoms with E-state index in [0.717, 1.165) is 4.90 Å². The Morgan fingerprint density at radius 1 is 1.36 bits per heavy atom. The SMILES string of the molecule is COC(=O)CN1C(=O)C(O)=C(C(C)=O)[C@H]1c1ccccc1Cl. The highest BCUT2D eigenvalue weighted by molar-refractivity contribution is 6.31. The molecule has 0 aromatic heterocycles. The lowest BCUT2D eigenvalue weighted by atomic mass is 9.97. The fourth-order valence-corrected chi connectivity index (χ4v) is 2.64. The number of carbonyl (C=O) groups excluding carboxylic acids is 3. The van der Waals surface area contributed by atoms with Crippen molar-refractivity contribution in [2.45, 2.75) is 13.0 Å². The van der Waals surface area contributed by atoms with Crippen molar-refractivity contribution in [3.8, 4) is 0 Å². The lowest BCUT2D eigenvalue weighted by Gasteiger charge is -2.26. The third kappa shape index (κ3) is 2.69. The van der Waals surface area contributed by atoms with Crippen LogP contribution in [0.3, 0.4) is 0 Å². The van der Waals surface area contributed by atoms with Crippen LogP contribution in [0.5, 0.6) is 0 Å². The maximum Gasteiger partial charge on any atom is 0.325 e. The fourth-order valence-electron chi connectivity index (χ4n) is 2.40. The van der Waals surface area contributed by atoms with Gasteiger partial charge < -0.3 is 14.7 Å². The number of aliphatic hydroxyl groups excluding tert-OH is 1. The Morgan fingerprint density at radius 2 is 2.00 bits per heavy atom. The molecular weight excluding hydrogens is 310 g/mol. The zero-order chi connectivity index (χ0) is 16.4. The Morgan fingerprint density at radius 3 is 2.55 bits per heavy atom. The van der Waals surface area contributed by atoms with E-state index in [1.807, 2.05) is 0 Å². The number of ketones is 1. The molecule has 7 heteroatoms. The van der Waals surface area contributed by atoms with E-state index in [4.69, 9.17) is 11.6 Å². The molecule has 1 aromatic rings. The van der Waals surface area contributed by atoms with Crippen molar-refractivity contribution in [3.05, 3.63) is 46.2 Å². The molecule has 1 heterocycles. The van der Waals surface area contributed by atoms with Gasteiger partial charge in [-0.1, -0.05) is 29.8 Å². The summed E-state index contributed by atoms with van der Waals surface area (Å²) >= 11 is 6.14. The molecule has 0 saturated carbocycles. The molecule has 1 aliphatic rings. The van der Waals surface area contributed by atoms with E-state index in [-0.39, 0.29) is 5.57 Å². The molecule has 0 radical (unpaired) electrons. The molecule has 0 bridgehead atoms. The van der Waals surface area contributed by atoms with Gasteiger partial charge in [0, 0.05) is 5.02 Å². The Balaban J connectivity index is 2.56. The number of rotatable bonds is 4. The number of hydrogen-bond acceptors (Lipinski definition) is 5. The van der Waals surface area contributed by atoms with Crippen LogP contribution in [0, 0.1) is 0 Å². The first kappa shape index (κ1) is 16.0. The molecule has 2 rings (SSSR count). The number of ether oxygens (including phenoxy) is 1. The maximum atomic E-state index is 12.2. The van der Waals surface area contributed by atoms with E-state index >= 15 is 0 Å². The summed E-state index contributed by atoms with van der Waals surface area (Å²) in [7, 11) is 1.19. The lowest BCUT2D eigenvalue weighted by molar-refractivity contribution is -0.146. The summed E-state index contributed by atoms with van der Waals surface area (Å²) in [5.74, 6) is -2.60. The summed E-state index contributed by atoms with van der Waals surface area (Å²) in [6.45, 7) is 0.844. The largest absolute Gasteiger partial charge is 0.503 e. The van der Waals surface area contributed by atoms with Gasteiger partial charge >= 0.3 is 5.97 Å². The lowest BCUT2D eigenvalue weighted by Crippen LogP contribution is -2.36. The van der Waals surface area contributed by atoms with Crippen molar-refractivity contribution in [2.75, 3.05) is 13.7 Å². The summed E-state index contributed by atoms with van der Waals surface area (Å²) in [6.07, 6.45) is 0. The summed E-state index contributed by atoms with van der Waals surface area (Å²) in [4.78, 5) is 36.6. The molecule has 0 saturated heterocycles. The van der Waals surface area contributed by atoms with Gasteiger partial charge in [-0.15, -0.1) is 0 Å². The normalized spacial score (nSPS) is 17.9. The zero-order valence-corrected chi connectivity index (χ0v) is 12.8. The quantitative estimate of drug-likeness (QED) is 0.854. The van der Waals surface area contributed by atoms with Gasteiger partial charge in [-0.25, -0.2) is 0 Å². The summed E-state index contributed by atoms with van der Waals surface area (Å²) in [5.41, 5.74) is 0.373. The van der Waals surface area contributed by atoms with Gasteiger partial charge in [0.2, 0.25) is 0 Å². The first-order valence-electron chi connectivity index (χ1n) is 6.44. The molecular formula is C15H14ClNO5. The highest BCUT2D eigenvalue weighted by Gasteiger charge is 2.43. The second-order valence-corrected chi connectivity index (χ2v) is 5.16. The summed E-state index contributed by atoms with van der Waals surface area (Å²) < 4.78 is 4.55. The summed E-state index contributed by atoms with van der Waals surface area (Å²) in [5, 5.41) is 10.3. The average molecular weight is 324 g/mol. The number of halogens is 1. The molecule has 0 fully saturated rings. The van der Waals surface area contributed by atoms with Crippen LogP contribution in [0.2, 0.25) is 5.02 Å². The number of benzene rings is 1. The zero-order valence-electron chi connectivity index (χ0n) is 12.0. The molecule has 22 heavy (non-hydrogen) atoms. The van der Waals surface area contributed by atoms with Gasteiger partial charge in [-0.3, -0.25) is 14.4 Å². The van der Waals surface area contributed by atoms with Crippen LogP contribution < -0.4 is 0 Å². The van der Waals surface area contributed by atoms with Crippen molar-refractivity contribution in [2.24, 2.45) is 0 Å². The van der Waals surface area contributed by atoms with E-state index in [9.17, 15) is 19.5 Å². The molecule has 1 N–H and O–H groups in total. The fraction of sp³-hybridized carbons (Fsp3) is 0.267. The van der Waals surface area contributed by atoms with Crippen LogP contribution in [0.15, 0.2) is 35.6 Å². The van der Waals surface area contributed by atoms with Crippen LogP contribution >= 0.6 is 11.6 Å². The molecule has 1 aliphatic heterocycles. The smallest absolute Gasteiger partial charge is 0.325 e. The standard InChI is InChI=1S/C15H14ClNO5/c1-8(18)12-13(9-5-3-4-6-10(9)16)17(7-11(19)22-2)15(21)14(12)20/h3-6,13,20H,7H2,1-2H3/t13-/m1/s1. The van der Waals surface area contributed by atoms with E-state index in [1.165, 1.54) is 14.0 Å². The van der Waals surface area contributed by atoms with Gasteiger partial charge in [0.05, 0.1) is 18.7 Å². The van der Waals surface area contributed by atoms with Gasteiger partial charge in [-0.05, 0) is 18.6 Å². The number of esters is 1. The molecule has 0 aliphatic carbocycles. The van der Waals surface area contributed by atoms with Gasteiger partial charge in [0.1, 0.15) is 6.54 Å². The van der Waals surface area contributed by atoms with Crippen molar-refractivity contribution in [1.82, 2.24) is 4.90 Å². The van der Waals surface area contributed by atoms with Crippen molar-refractivity contribution in [1.29, 1.82) is 0 Å². The predicted octanol–water partition coefficient (Wildman–Crippen LogP) is 1.80. The Bertz CT molecular complexity index is 682. The van der Waals surface area contributed by atoms with Gasteiger partial charge in [-0.2, -0.15) is 0 Å². The minimum atomic E-state index is -0.919. The van der Waals surface area contributed by atoms with E-state index in [0.29, 0.717) is 10.6 Å². The highest BCUT2D eigenvalue weighted by Crippen LogP contribution is 2.40. The van der Waals surface area contributed by atoms with Crippen LogP contribution in [0.25, 0.3) is 0 Å². The van der Waals surface area contributed by atoms with Crippen molar-refractivity contribution < 1.29 is 24.2 Å². The Kier molecular flexibility index (Phi) is 4.51. The van der Waals surface area contributed by atoms with Crippen LogP contribution in [0.1, 0.15) is 18.5 Å². The minimum absolute atomic E-state index is 0.0815. The second kappa shape index (κ2) is 6.19. The molecule has 6 nitrogen and oxygen atoms in total. The van der Waals surface area contributed by atoms with Crippen molar-refractivity contribution in [3.63, 3.8) is 0 Å². The monoisotopic (exact) mass is 323 g/mol. The number of amides is 1. The number of aliphatic hydroxyl groups is 1. The first-order valence-corrected chi connectivity index (χ1v) is 6.82. The molecule has 1 atom stereocenters. The third-order valence-electron chi connectivity index (χ3n) is 3.41. The third-order valence-corrected chi connectivity index (χ3v) is 3.75. The van der Waals surface area contributed by atoms with Gasteiger partial charge in [0.25, 0.3) is 5.91 Å². The van der Waals surface area contributed by atoms with Crippen molar-refractivity contribution >= 4 is 29.3 Å². The Hall–Kier alpha value is -2.34. The predicted molar refractivity (Wildman–Crippen MR) is 78.3 cm³/mol. The second-order valence-electron chi connectivity index (χ2n) is 4.75. The number of carbonyl (C=O) groups is 3. The molecule has 1 aromatic carbocycles. The number of Topliss-reactive ketones (excluding diaryl/α,β-unsaturated/α-hetero) is 1. The average Bonchev–Trinajstić information content (AvgIpc) is 2.72. The van der Waals surface area contributed by atoms with Gasteiger partial charge in [0.15, 0.2) is 11.5 Å². The van der Waals surface area contributed by atoms with Crippen LogP contribution in [-0.2, 0) is 19.1 Å². The number of nitrogens with zero attached hydrogens (tertiary/aromatic N) is 1. The number of methoxy groups -OCH3 is 1. The van der Waals surface area contributed by atoms with E-state index in [2.05, 4.69) is 4.74 Å². The molecule has 1 amide bonds. The Labute approximate surface area is 131 Å². The van der Waals surface area contributed by atoms with Crippen LogP contribution in [-0.4, -0.2) is 41.3 Å². The molecule has 0 unspecified atom stereocenters. The topological polar surface area (TPSA) is 83.9 Å². The summed E-state index contributed by atoms with van der Waals surface area (Å²) in [6, 6.07) is 5.70. The maximum absolute atomic E-state index is 12.2. The first-order chi connectivity index (χ1) is 10.4. The highest BCUT2D eigenvalue weighted by atomic mass is 35.5. The number of hydrogen-bond donors (Lipinski definition) is 1. The van der Waals surface area contributed by atoms with E-state index in [1.54, 1.807) is 24.3 Å². The minimum Gasteiger partial charge on any atom is -0.503 e. The molecule has 0 spiro atoms. The van der Waals surface area contributed by atoms with Crippen LogP contribution in [0.4, 0.5) is 0 Å². The van der Waals surface area contributed by atoms with E-state index < -0.39 is 36.0 Å².